The first kappa shape index (κ1) is 15.5. The molecule has 1 amide bonds. The molecule has 0 fully saturated rings. The summed E-state index contributed by atoms with van der Waals surface area (Å²) in [5.74, 6) is 6.89. The van der Waals surface area contributed by atoms with Crippen molar-refractivity contribution in [1.29, 1.82) is 0 Å². The number of nitrogens with one attached hydrogen (secondary N) is 1. The SMILES string of the molecule is O=C(Nc1cccc(C#Cc2cccs2)c1)C1Cc2ccccc2O1. The van der Waals surface area contributed by atoms with Gasteiger partial charge in [-0.3, -0.25) is 4.79 Å². The van der Waals surface area contributed by atoms with Crippen molar-refractivity contribution >= 4 is 22.9 Å². The Morgan fingerprint density at radius 3 is 2.84 bits per heavy atom. The van der Waals surface area contributed by atoms with E-state index < -0.39 is 6.10 Å². The van der Waals surface area contributed by atoms with Crippen LogP contribution in [0.2, 0.25) is 0 Å². The number of carbonyl (C=O) groups excluding carboxylic acids is 1. The van der Waals surface area contributed by atoms with E-state index in [1.165, 1.54) is 0 Å². The maximum absolute atomic E-state index is 12.5. The van der Waals surface area contributed by atoms with Gasteiger partial charge in [-0.1, -0.05) is 42.2 Å². The summed E-state index contributed by atoms with van der Waals surface area (Å²) < 4.78 is 5.73. The summed E-state index contributed by atoms with van der Waals surface area (Å²) in [6.07, 6.45) is 0.109. The van der Waals surface area contributed by atoms with Crippen molar-refractivity contribution in [3.05, 3.63) is 82.0 Å². The van der Waals surface area contributed by atoms with Crippen LogP contribution in [0.25, 0.3) is 0 Å². The first-order valence-electron chi connectivity index (χ1n) is 7.99. The summed E-state index contributed by atoms with van der Waals surface area (Å²) >= 11 is 1.61. The predicted octanol–water partition coefficient (Wildman–Crippen LogP) is 4.09. The van der Waals surface area contributed by atoms with Crippen LogP contribution in [-0.2, 0) is 11.2 Å². The van der Waals surface area contributed by atoms with Crippen molar-refractivity contribution in [3.8, 4) is 17.6 Å². The van der Waals surface area contributed by atoms with Gasteiger partial charge in [0.1, 0.15) is 5.75 Å². The molecule has 0 radical (unpaired) electrons. The molecule has 3 nitrogen and oxygen atoms in total. The van der Waals surface area contributed by atoms with Crippen LogP contribution in [0.3, 0.4) is 0 Å². The normalized spacial score (nSPS) is 14.8. The number of fused-ring (bicyclic) bond motifs is 1. The van der Waals surface area contributed by atoms with Gasteiger partial charge in [0.05, 0.1) is 4.88 Å². The zero-order chi connectivity index (χ0) is 17.1. The molecule has 2 aromatic carbocycles. The molecule has 1 unspecified atom stereocenters. The molecular weight excluding hydrogens is 330 g/mol. The third-order valence-electron chi connectivity index (χ3n) is 3.92. The zero-order valence-electron chi connectivity index (χ0n) is 13.4. The molecule has 0 aliphatic carbocycles. The average Bonchev–Trinajstić information content (AvgIpc) is 3.29. The van der Waals surface area contributed by atoms with E-state index in [0.717, 1.165) is 27.4 Å². The number of benzene rings is 2. The minimum absolute atomic E-state index is 0.139. The van der Waals surface area contributed by atoms with E-state index >= 15 is 0 Å². The quantitative estimate of drug-likeness (QED) is 0.711. The molecule has 2 heterocycles. The lowest BCUT2D eigenvalue weighted by atomic mass is 10.1. The highest BCUT2D eigenvalue weighted by Gasteiger charge is 2.28. The van der Waals surface area contributed by atoms with Crippen LogP contribution in [-0.4, -0.2) is 12.0 Å². The van der Waals surface area contributed by atoms with Gasteiger partial charge in [-0.2, -0.15) is 0 Å². The molecule has 1 atom stereocenters. The Kier molecular flexibility index (Phi) is 4.24. The van der Waals surface area contributed by atoms with E-state index in [9.17, 15) is 4.79 Å². The van der Waals surface area contributed by atoms with E-state index in [-0.39, 0.29) is 5.91 Å². The smallest absolute Gasteiger partial charge is 0.265 e. The molecule has 1 aliphatic heterocycles. The first-order chi connectivity index (χ1) is 12.3. The summed E-state index contributed by atoms with van der Waals surface area (Å²) in [6, 6.07) is 19.3. The maximum atomic E-state index is 12.5. The van der Waals surface area contributed by atoms with Crippen molar-refractivity contribution in [3.63, 3.8) is 0 Å². The van der Waals surface area contributed by atoms with E-state index in [1.807, 2.05) is 66.0 Å². The molecule has 0 spiro atoms. The van der Waals surface area contributed by atoms with Gasteiger partial charge in [-0.15, -0.1) is 11.3 Å². The standard InChI is InChI=1S/C21H15NO2S/c23-21(20-14-16-6-1-2-9-19(16)24-20)22-17-7-3-5-15(13-17)10-11-18-8-4-12-25-18/h1-9,12-13,20H,14H2,(H,22,23). The predicted molar refractivity (Wildman–Crippen MR) is 99.9 cm³/mol. The van der Waals surface area contributed by atoms with Crippen LogP contribution in [0.15, 0.2) is 66.0 Å². The van der Waals surface area contributed by atoms with Crippen LogP contribution in [0.5, 0.6) is 5.75 Å². The van der Waals surface area contributed by atoms with Crippen LogP contribution >= 0.6 is 11.3 Å². The molecule has 25 heavy (non-hydrogen) atoms. The molecule has 4 heteroatoms. The van der Waals surface area contributed by atoms with E-state index in [4.69, 9.17) is 4.74 Å². The maximum Gasteiger partial charge on any atom is 0.265 e. The third kappa shape index (κ3) is 3.57. The average molecular weight is 345 g/mol. The van der Waals surface area contributed by atoms with Gasteiger partial charge in [0.25, 0.3) is 5.91 Å². The fourth-order valence-corrected chi connectivity index (χ4v) is 3.28. The van der Waals surface area contributed by atoms with Crippen LogP contribution < -0.4 is 10.1 Å². The number of amides is 1. The molecular formula is C21H15NO2S. The first-order valence-corrected chi connectivity index (χ1v) is 8.87. The minimum atomic E-state index is -0.488. The van der Waals surface area contributed by atoms with E-state index in [0.29, 0.717) is 6.42 Å². The van der Waals surface area contributed by atoms with Gasteiger partial charge in [-0.05, 0) is 41.3 Å². The highest BCUT2D eigenvalue weighted by molar-refractivity contribution is 7.10. The Hall–Kier alpha value is -3.03. The molecule has 1 N–H and O–H groups in total. The minimum Gasteiger partial charge on any atom is -0.480 e. The van der Waals surface area contributed by atoms with E-state index in [2.05, 4.69) is 17.2 Å². The number of rotatable bonds is 2. The second-order valence-electron chi connectivity index (χ2n) is 5.72. The summed E-state index contributed by atoms with van der Waals surface area (Å²) in [4.78, 5) is 13.5. The van der Waals surface area contributed by atoms with Crippen molar-refractivity contribution < 1.29 is 9.53 Å². The number of thiophene rings is 1. The summed E-state index contributed by atoms with van der Waals surface area (Å²) in [5, 5.41) is 4.92. The van der Waals surface area contributed by atoms with Crippen LogP contribution in [0.1, 0.15) is 16.0 Å². The molecule has 0 saturated heterocycles. The lowest BCUT2D eigenvalue weighted by Gasteiger charge is -2.11. The number of hydrogen-bond donors (Lipinski definition) is 1. The molecule has 0 bridgehead atoms. The number of carbonyl (C=O) groups is 1. The fraction of sp³-hybridized carbons (Fsp3) is 0.0952. The highest BCUT2D eigenvalue weighted by atomic mass is 32.1. The number of para-hydroxylation sites is 1. The highest BCUT2D eigenvalue weighted by Crippen LogP contribution is 2.28. The Balaban J connectivity index is 1.45. The van der Waals surface area contributed by atoms with Gasteiger partial charge in [-0.25, -0.2) is 0 Å². The summed E-state index contributed by atoms with van der Waals surface area (Å²) in [6.45, 7) is 0. The summed E-state index contributed by atoms with van der Waals surface area (Å²) in [5.41, 5.74) is 2.66. The number of hydrogen-bond acceptors (Lipinski definition) is 3. The summed E-state index contributed by atoms with van der Waals surface area (Å²) in [7, 11) is 0. The molecule has 4 rings (SSSR count). The topological polar surface area (TPSA) is 38.3 Å². The molecule has 122 valence electrons. The Labute approximate surface area is 150 Å². The lowest BCUT2D eigenvalue weighted by molar-refractivity contribution is -0.122. The van der Waals surface area contributed by atoms with E-state index in [1.54, 1.807) is 11.3 Å². The second-order valence-corrected chi connectivity index (χ2v) is 6.66. The monoisotopic (exact) mass is 345 g/mol. The molecule has 1 aliphatic rings. The van der Waals surface area contributed by atoms with Crippen molar-refractivity contribution in [2.24, 2.45) is 0 Å². The fourth-order valence-electron chi connectivity index (χ4n) is 2.71. The second kappa shape index (κ2) is 6.84. The Morgan fingerprint density at radius 1 is 1.08 bits per heavy atom. The van der Waals surface area contributed by atoms with Gasteiger partial charge >= 0.3 is 0 Å². The number of ether oxygens (including phenoxy) is 1. The van der Waals surface area contributed by atoms with Crippen molar-refractivity contribution in [2.75, 3.05) is 5.32 Å². The van der Waals surface area contributed by atoms with Gasteiger partial charge in [0.15, 0.2) is 6.10 Å². The molecule has 0 saturated carbocycles. The third-order valence-corrected chi connectivity index (χ3v) is 4.71. The van der Waals surface area contributed by atoms with Crippen LogP contribution in [0, 0.1) is 11.8 Å². The van der Waals surface area contributed by atoms with Crippen molar-refractivity contribution in [1.82, 2.24) is 0 Å². The Morgan fingerprint density at radius 2 is 2.00 bits per heavy atom. The Bertz CT molecular complexity index is 942. The van der Waals surface area contributed by atoms with Gasteiger partial charge < -0.3 is 10.1 Å². The molecule has 3 aromatic rings. The van der Waals surface area contributed by atoms with Gasteiger partial charge in [0, 0.05) is 17.7 Å². The zero-order valence-corrected chi connectivity index (χ0v) is 14.2. The van der Waals surface area contributed by atoms with Crippen LogP contribution in [0.4, 0.5) is 5.69 Å². The number of anilines is 1. The van der Waals surface area contributed by atoms with Crippen molar-refractivity contribution in [2.45, 2.75) is 12.5 Å². The van der Waals surface area contributed by atoms with Gasteiger partial charge in [0.2, 0.25) is 0 Å². The lowest BCUT2D eigenvalue weighted by Crippen LogP contribution is -2.31. The molecule has 1 aromatic heterocycles. The largest absolute Gasteiger partial charge is 0.480 e.